The molecule has 0 radical (unpaired) electrons. The lowest BCUT2D eigenvalue weighted by atomic mass is 10.4. The molecule has 8 nitrogen and oxygen atoms in total. The van der Waals surface area contributed by atoms with Crippen LogP contribution in [0.4, 0.5) is 11.6 Å². The van der Waals surface area contributed by atoms with E-state index >= 15 is 0 Å². The molecule has 2 N–H and O–H groups in total. The summed E-state index contributed by atoms with van der Waals surface area (Å²) in [6.45, 7) is 3.85. The molecule has 2 aromatic heterocycles. The molecule has 2 rings (SSSR count). The number of rotatable bonds is 8. The van der Waals surface area contributed by atoms with Gasteiger partial charge in [-0.3, -0.25) is 0 Å². The third-order valence-corrected chi connectivity index (χ3v) is 2.47. The molecular weight excluding hydrogens is 260 g/mol. The van der Waals surface area contributed by atoms with Gasteiger partial charge in [-0.05, 0) is 6.92 Å². The lowest BCUT2D eigenvalue weighted by Gasteiger charge is -2.09. The molecular formula is C12H18N6O2. The van der Waals surface area contributed by atoms with E-state index in [0.29, 0.717) is 31.2 Å². The summed E-state index contributed by atoms with van der Waals surface area (Å²) in [5.41, 5.74) is 0. The summed E-state index contributed by atoms with van der Waals surface area (Å²) in [5.74, 6) is 2.81. The first-order chi connectivity index (χ1) is 9.81. The third-order valence-electron chi connectivity index (χ3n) is 2.47. The molecule has 0 amide bonds. The maximum Gasteiger partial charge on any atom is 0.213 e. The smallest absolute Gasteiger partial charge is 0.213 e. The van der Waals surface area contributed by atoms with Crippen LogP contribution < -0.4 is 10.6 Å². The normalized spacial score (nSPS) is 10.5. The van der Waals surface area contributed by atoms with Crippen LogP contribution in [0.1, 0.15) is 18.6 Å². The molecule has 0 aliphatic rings. The Kier molecular flexibility index (Phi) is 5.24. The Balaban J connectivity index is 1.97. The highest BCUT2D eigenvalue weighted by Crippen LogP contribution is 2.12. The first-order valence-corrected chi connectivity index (χ1v) is 6.41. The number of ether oxygens (including phenoxy) is 1. The predicted molar refractivity (Wildman–Crippen MR) is 73.4 cm³/mol. The van der Waals surface area contributed by atoms with Gasteiger partial charge in [0.25, 0.3) is 0 Å². The van der Waals surface area contributed by atoms with Crippen molar-refractivity contribution in [3.05, 3.63) is 24.1 Å². The van der Waals surface area contributed by atoms with Gasteiger partial charge in [-0.25, -0.2) is 9.97 Å². The van der Waals surface area contributed by atoms with Crippen molar-refractivity contribution in [3.63, 3.8) is 0 Å². The van der Waals surface area contributed by atoms with Crippen molar-refractivity contribution in [2.45, 2.75) is 20.0 Å². The second-order valence-electron chi connectivity index (χ2n) is 4.04. The van der Waals surface area contributed by atoms with E-state index < -0.39 is 0 Å². The zero-order valence-electron chi connectivity index (χ0n) is 11.6. The minimum Gasteiger partial charge on any atom is -0.377 e. The Morgan fingerprint density at radius 1 is 1.20 bits per heavy atom. The Labute approximate surface area is 117 Å². The van der Waals surface area contributed by atoms with Crippen molar-refractivity contribution in [2.75, 3.05) is 30.8 Å². The van der Waals surface area contributed by atoms with Crippen molar-refractivity contribution in [1.82, 2.24) is 20.1 Å². The van der Waals surface area contributed by atoms with Gasteiger partial charge < -0.3 is 19.9 Å². The standard InChI is InChI=1S/C12H18N6O2/c1-3-13-10-6-11(17-12(16-10)7-19-2)14-5-4-9-15-8-20-18-9/h6,8H,3-5,7H2,1-2H3,(H2,13,14,16,17). The van der Waals surface area contributed by atoms with Crippen LogP contribution in [-0.4, -0.2) is 40.3 Å². The highest BCUT2D eigenvalue weighted by atomic mass is 16.5. The number of anilines is 2. The molecule has 0 atom stereocenters. The van der Waals surface area contributed by atoms with Gasteiger partial charge >= 0.3 is 0 Å². The fraction of sp³-hybridized carbons (Fsp3) is 0.500. The molecule has 0 spiro atoms. The number of methoxy groups -OCH3 is 1. The van der Waals surface area contributed by atoms with Crippen LogP contribution >= 0.6 is 0 Å². The van der Waals surface area contributed by atoms with Gasteiger partial charge in [0.15, 0.2) is 11.6 Å². The lowest BCUT2D eigenvalue weighted by Crippen LogP contribution is -2.11. The maximum atomic E-state index is 5.07. The zero-order chi connectivity index (χ0) is 14.2. The number of aromatic nitrogens is 4. The summed E-state index contributed by atoms with van der Waals surface area (Å²) in [4.78, 5) is 12.7. The van der Waals surface area contributed by atoms with Crippen LogP contribution in [0, 0.1) is 0 Å². The molecule has 0 aliphatic carbocycles. The second-order valence-corrected chi connectivity index (χ2v) is 4.04. The molecule has 2 aromatic rings. The molecule has 2 heterocycles. The van der Waals surface area contributed by atoms with E-state index in [1.165, 1.54) is 6.39 Å². The number of nitrogens with one attached hydrogen (secondary N) is 2. The van der Waals surface area contributed by atoms with Gasteiger partial charge in [0.1, 0.15) is 18.2 Å². The van der Waals surface area contributed by atoms with E-state index in [-0.39, 0.29) is 0 Å². The van der Waals surface area contributed by atoms with Crippen molar-refractivity contribution in [3.8, 4) is 0 Å². The first kappa shape index (κ1) is 14.2. The van der Waals surface area contributed by atoms with Crippen LogP contribution in [0.25, 0.3) is 0 Å². The maximum absolute atomic E-state index is 5.07. The third kappa shape index (κ3) is 4.16. The Morgan fingerprint density at radius 3 is 2.65 bits per heavy atom. The highest BCUT2D eigenvalue weighted by molar-refractivity contribution is 5.47. The average Bonchev–Trinajstić information content (AvgIpc) is 2.92. The zero-order valence-corrected chi connectivity index (χ0v) is 11.6. The fourth-order valence-electron chi connectivity index (χ4n) is 1.66. The lowest BCUT2D eigenvalue weighted by molar-refractivity contribution is 0.178. The van der Waals surface area contributed by atoms with Gasteiger partial charge in [0.2, 0.25) is 6.39 Å². The van der Waals surface area contributed by atoms with Gasteiger partial charge in [-0.15, -0.1) is 0 Å². The summed E-state index contributed by atoms with van der Waals surface area (Å²) in [5, 5.41) is 10.1. The van der Waals surface area contributed by atoms with Gasteiger partial charge in [0, 0.05) is 32.7 Å². The fourth-order valence-corrected chi connectivity index (χ4v) is 1.66. The summed E-state index contributed by atoms with van der Waals surface area (Å²) in [6, 6.07) is 1.86. The molecule has 0 fully saturated rings. The SMILES string of the molecule is CCNc1cc(NCCc2ncon2)nc(COC)n1. The second kappa shape index (κ2) is 7.39. The van der Waals surface area contributed by atoms with Crippen molar-refractivity contribution < 1.29 is 9.26 Å². The van der Waals surface area contributed by atoms with Gasteiger partial charge in [0.05, 0.1) is 0 Å². The van der Waals surface area contributed by atoms with Crippen LogP contribution in [-0.2, 0) is 17.8 Å². The van der Waals surface area contributed by atoms with Crippen molar-refractivity contribution in [2.24, 2.45) is 0 Å². The Morgan fingerprint density at radius 2 is 2.00 bits per heavy atom. The average molecular weight is 278 g/mol. The minimum absolute atomic E-state index is 0.374. The number of nitrogens with zero attached hydrogens (tertiary/aromatic N) is 4. The molecule has 8 heteroatoms. The molecule has 0 aromatic carbocycles. The largest absolute Gasteiger partial charge is 0.377 e. The summed E-state index contributed by atoms with van der Waals surface area (Å²) in [7, 11) is 1.62. The van der Waals surface area contributed by atoms with E-state index in [4.69, 9.17) is 4.74 Å². The molecule has 0 unspecified atom stereocenters. The van der Waals surface area contributed by atoms with E-state index in [1.807, 2.05) is 13.0 Å². The predicted octanol–water partition coefficient (Wildman–Crippen LogP) is 1.09. The van der Waals surface area contributed by atoms with Crippen molar-refractivity contribution >= 4 is 11.6 Å². The monoisotopic (exact) mass is 278 g/mol. The molecule has 0 saturated heterocycles. The minimum atomic E-state index is 0.374. The number of hydrogen-bond acceptors (Lipinski definition) is 8. The van der Waals surface area contributed by atoms with E-state index in [2.05, 4.69) is 35.3 Å². The van der Waals surface area contributed by atoms with E-state index in [1.54, 1.807) is 7.11 Å². The van der Waals surface area contributed by atoms with E-state index in [0.717, 1.165) is 18.2 Å². The van der Waals surface area contributed by atoms with Crippen molar-refractivity contribution in [1.29, 1.82) is 0 Å². The highest BCUT2D eigenvalue weighted by Gasteiger charge is 2.05. The molecule has 20 heavy (non-hydrogen) atoms. The summed E-state index contributed by atoms with van der Waals surface area (Å²) < 4.78 is 9.74. The topological polar surface area (TPSA) is 98.0 Å². The van der Waals surface area contributed by atoms with E-state index in [9.17, 15) is 0 Å². The summed E-state index contributed by atoms with van der Waals surface area (Å²) >= 11 is 0. The Bertz CT molecular complexity index is 492. The van der Waals surface area contributed by atoms with Crippen LogP contribution in [0.5, 0.6) is 0 Å². The molecule has 0 aliphatic heterocycles. The Hall–Kier alpha value is -2.22. The van der Waals surface area contributed by atoms with Crippen LogP contribution in [0.15, 0.2) is 17.0 Å². The number of hydrogen-bond donors (Lipinski definition) is 2. The van der Waals surface area contributed by atoms with Gasteiger partial charge in [-0.2, -0.15) is 4.98 Å². The quantitative estimate of drug-likeness (QED) is 0.740. The molecule has 0 bridgehead atoms. The summed E-state index contributed by atoms with van der Waals surface area (Å²) in [6.07, 6.45) is 1.98. The van der Waals surface area contributed by atoms with Gasteiger partial charge in [-0.1, -0.05) is 5.16 Å². The van der Waals surface area contributed by atoms with Crippen LogP contribution in [0.2, 0.25) is 0 Å². The van der Waals surface area contributed by atoms with Crippen LogP contribution in [0.3, 0.4) is 0 Å². The molecule has 108 valence electrons. The molecule has 0 saturated carbocycles. The first-order valence-electron chi connectivity index (χ1n) is 6.41.